The van der Waals surface area contributed by atoms with E-state index >= 15 is 0 Å². The molecule has 2 heteroatoms. The number of unbranched alkanes of at least 4 members (excludes halogenated alkanes) is 5. The summed E-state index contributed by atoms with van der Waals surface area (Å²) in [6, 6.07) is 0. The third kappa shape index (κ3) is 6.76. The molecule has 0 spiro atoms. The summed E-state index contributed by atoms with van der Waals surface area (Å²) >= 11 is 0. The Labute approximate surface area is 121 Å². The minimum absolute atomic E-state index is 0.251. The summed E-state index contributed by atoms with van der Waals surface area (Å²) in [4.78, 5) is 0. The van der Waals surface area contributed by atoms with Crippen molar-refractivity contribution in [3.63, 3.8) is 0 Å². The number of hydrogen-bond donors (Lipinski definition) is 1. The van der Waals surface area contributed by atoms with Gasteiger partial charge in [0.05, 0.1) is 6.61 Å². The van der Waals surface area contributed by atoms with E-state index in [1.807, 2.05) is 7.11 Å². The fourth-order valence-electron chi connectivity index (χ4n) is 2.93. The normalized spacial score (nSPS) is 15.5. The molecular weight excluding hydrogens is 234 g/mol. The number of rotatable bonds is 11. The van der Waals surface area contributed by atoms with Crippen LogP contribution < -0.4 is 5.32 Å². The molecule has 0 aromatic carbocycles. The van der Waals surface area contributed by atoms with Gasteiger partial charge in [0.25, 0.3) is 0 Å². The number of hydrogen-bond acceptors (Lipinski definition) is 2. The Morgan fingerprint density at radius 3 is 2.00 bits per heavy atom. The van der Waals surface area contributed by atoms with Gasteiger partial charge in [-0.15, -0.1) is 0 Å². The molecule has 1 atom stereocenters. The Morgan fingerprint density at radius 1 is 0.947 bits per heavy atom. The monoisotopic (exact) mass is 271 g/mol. The van der Waals surface area contributed by atoms with E-state index in [2.05, 4.69) is 40.1 Å². The smallest absolute Gasteiger partial charge is 0.0535 e. The van der Waals surface area contributed by atoms with Crippen LogP contribution in [-0.2, 0) is 4.74 Å². The number of methoxy groups -OCH3 is 1. The summed E-state index contributed by atoms with van der Waals surface area (Å²) in [7, 11) is 3.88. The van der Waals surface area contributed by atoms with Gasteiger partial charge < -0.3 is 10.1 Å². The Morgan fingerprint density at radius 2 is 1.53 bits per heavy atom. The molecule has 0 fully saturated rings. The van der Waals surface area contributed by atoms with Crippen LogP contribution >= 0.6 is 0 Å². The zero-order valence-corrected chi connectivity index (χ0v) is 14.3. The summed E-state index contributed by atoms with van der Waals surface area (Å²) in [6.45, 7) is 11.2. The van der Waals surface area contributed by atoms with Crippen molar-refractivity contribution in [3.8, 4) is 0 Å². The van der Waals surface area contributed by atoms with E-state index in [-0.39, 0.29) is 10.8 Å². The molecule has 0 radical (unpaired) electrons. The summed E-state index contributed by atoms with van der Waals surface area (Å²) in [5.74, 6) is 0. The highest BCUT2D eigenvalue weighted by Crippen LogP contribution is 2.42. The van der Waals surface area contributed by atoms with E-state index in [0.29, 0.717) is 0 Å². The van der Waals surface area contributed by atoms with Gasteiger partial charge in [0.15, 0.2) is 0 Å². The first kappa shape index (κ1) is 18.9. The molecule has 19 heavy (non-hydrogen) atoms. The van der Waals surface area contributed by atoms with E-state index in [4.69, 9.17) is 4.74 Å². The van der Waals surface area contributed by atoms with Crippen molar-refractivity contribution >= 4 is 0 Å². The molecular formula is C17H37NO. The van der Waals surface area contributed by atoms with E-state index in [1.54, 1.807) is 0 Å². The number of ether oxygens (including phenoxy) is 1. The second kappa shape index (κ2) is 9.77. The van der Waals surface area contributed by atoms with Gasteiger partial charge in [-0.05, 0) is 18.9 Å². The van der Waals surface area contributed by atoms with Crippen LogP contribution in [0.2, 0.25) is 0 Å². The second-order valence-corrected chi connectivity index (χ2v) is 7.01. The van der Waals surface area contributed by atoms with Crippen LogP contribution in [0.1, 0.15) is 72.6 Å². The number of nitrogens with one attached hydrogen (secondary N) is 1. The van der Waals surface area contributed by atoms with Gasteiger partial charge in [0, 0.05) is 19.1 Å². The van der Waals surface area contributed by atoms with E-state index in [0.717, 1.165) is 13.2 Å². The summed E-state index contributed by atoms with van der Waals surface area (Å²) in [5.41, 5.74) is 0.524. The maximum absolute atomic E-state index is 5.54. The average Bonchev–Trinajstić information content (AvgIpc) is 2.32. The van der Waals surface area contributed by atoms with Gasteiger partial charge in [-0.25, -0.2) is 0 Å². The van der Waals surface area contributed by atoms with Gasteiger partial charge in [0.1, 0.15) is 0 Å². The quantitative estimate of drug-likeness (QED) is 0.553. The van der Waals surface area contributed by atoms with Crippen LogP contribution in [0, 0.1) is 10.8 Å². The standard InChI is InChI=1S/C17H37NO/c1-7-8-9-10-11-12-13-17(14-18-5,15-19-6)16(2,3)4/h18H,7-15H2,1-6H3. The molecule has 0 aliphatic carbocycles. The van der Waals surface area contributed by atoms with Crippen LogP contribution in [0.25, 0.3) is 0 Å². The molecule has 116 valence electrons. The van der Waals surface area contributed by atoms with Crippen LogP contribution in [0.15, 0.2) is 0 Å². The van der Waals surface area contributed by atoms with E-state index in [9.17, 15) is 0 Å². The summed E-state index contributed by atoms with van der Waals surface area (Å²) in [5, 5.41) is 3.38. The summed E-state index contributed by atoms with van der Waals surface area (Å²) < 4.78 is 5.54. The molecule has 0 saturated carbocycles. The molecule has 0 aromatic heterocycles. The first-order chi connectivity index (χ1) is 8.93. The minimum atomic E-state index is 0.251. The molecule has 0 rings (SSSR count). The third-order valence-electron chi connectivity index (χ3n) is 4.54. The van der Waals surface area contributed by atoms with Crippen molar-refractivity contribution in [1.82, 2.24) is 5.32 Å². The molecule has 0 heterocycles. The van der Waals surface area contributed by atoms with E-state index in [1.165, 1.54) is 44.9 Å². The maximum Gasteiger partial charge on any atom is 0.0535 e. The van der Waals surface area contributed by atoms with Crippen molar-refractivity contribution in [1.29, 1.82) is 0 Å². The van der Waals surface area contributed by atoms with Crippen LogP contribution in [-0.4, -0.2) is 27.3 Å². The zero-order chi connectivity index (χ0) is 14.8. The zero-order valence-electron chi connectivity index (χ0n) is 14.3. The van der Waals surface area contributed by atoms with Crippen molar-refractivity contribution in [2.45, 2.75) is 72.6 Å². The van der Waals surface area contributed by atoms with Gasteiger partial charge in [0.2, 0.25) is 0 Å². The first-order valence-electron chi connectivity index (χ1n) is 8.07. The van der Waals surface area contributed by atoms with E-state index < -0.39 is 0 Å². The van der Waals surface area contributed by atoms with Gasteiger partial charge in [-0.3, -0.25) is 0 Å². The molecule has 0 amide bonds. The molecule has 2 nitrogen and oxygen atoms in total. The fraction of sp³-hybridized carbons (Fsp3) is 1.00. The lowest BCUT2D eigenvalue weighted by Crippen LogP contribution is -2.46. The van der Waals surface area contributed by atoms with Crippen molar-refractivity contribution < 1.29 is 4.74 Å². The molecule has 0 aliphatic heterocycles. The lowest BCUT2D eigenvalue weighted by atomic mass is 9.64. The Kier molecular flexibility index (Phi) is 9.72. The van der Waals surface area contributed by atoms with Crippen molar-refractivity contribution in [2.24, 2.45) is 10.8 Å². The van der Waals surface area contributed by atoms with Crippen LogP contribution in [0.5, 0.6) is 0 Å². The molecule has 0 saturated heterocycles. The van der Waals surface area contributed by atoms with Crippen LogP contribution in [0.3, 0.4) is 0 Å². The SMILES string of the molecule is CCCCCCCCC(CNC)(COC)C(C)(C)C. The highest BCUT2D eigenvalue weighted by molar-refractivity contribution is 4.91. The average molecular weight is 271 g/mol. The highest BCUT2D eigenvalue weighted by atomic mass is 16.5. The Bertz CT molecular complexity index is 202. The van der Waals surface area contributed by atoms with Crippen LogP contribution in [0.4, 0.5) is 0 Å². The van der Waals surface area contributed by atoms with Gasteiger partial charge in [-0.2, -0.15) is 0 Å². The highest BCUT2D eigenvalue weighted by Gasteiger charge is 2.40. The lowest BCUT2D eigenvalue weighted by Gasteiger charge is -2.45. The molecule has 1 N–H and O–H groups in total. The Balaban J connectivity index is 4.33. The minimum Gasteiger partial charge on any atom is -0.384 e. The second-order valence-electron chi connectivity index (χ2n) is 7.01. The molecule has 0 bridgehead atoms. The molecule has 0 aromatic rings. The molecule has 0 aliphatic rings. The Hall–Kier alpha value is -0.0800. The van der Waals surface area contributed by atoms with Crippen molar-refractivity contribution in [3.05, 3.63) is 0 Å². The predicted molar refractivity (Wildman–Crippen MR) is 85.7 cm³/mol. The predicted octanol–water partition coefficient (Wildman–Crippen LogP) is 4.64. The first-order valence-corrected chi connectivity index (χ1v) is 8.07. The largest absolute Gasteiger partial charge is 0.384 e. The fourth-order valence-corrected chi connectivity index (χ4v) is 2.93. The van der Waals surface area contributed by atoms with Crippen molar-refractivity contribution in [2.75, 3.05) is 27.3 Å². The van der Waals surface area contributed by atoms with Gasteiger partial charge >= 0.3 is 0 Å². The summed E-state index contributed by atoms with van der Waals surface area (Å²) in [6.07, 6.45) is 9.46. The molecule has 1 unspecified atom stereocenters. The maximum atomic E-state index is 5.54. The van der Waals surface area contributed by atoms with Gasteiger partial charge in [-0.1, -0.05) is 66.2 Å². The lowest BCUT2D eigenvalue weighted by molar-refractivity contribution is -0.0136. The topological polar surface area (TPSA) is 21.3 Å². The third-order valence-corrected chi connectivity index (χ3v) is 4.54.